The molecule has 2 N–H and O–H groups in total. The van der Waals surface area contributed by atoms with Crippen molar-refractivity contribution in [1.82, 2.24) is 9.97 Å². The summed E-state index contributed by atoms with van der Waals surface area (Å²) in [4.78, 5) is 11.2. The van der Waals surface area contributed by atoms with Gasteiger partial charge in [-0.2, -0.15) is 4.98 Å². The number of nitrogens with zero attached hydrogens (tertiary/aromatic N) is 3. The van der Waals surface area contributed by atoms with Crippen LogP contribution in [0.15, 0.2) is 36.5 Å². The smallest absolute Gasteiger partial charge is 0.224 e. The van der Waals surface area contributed by atoms with Crippen LogP contribution >= 0.6 is 0 Å². The number of anilines is 4. The van der Waals surface area contributed by atoms with Gasteiger partial charge in [-0.1, -0.05) is 13.8 Å². The monoisotopic (exact) mass is 325 g/mol. The maximum Gasteiger partial charge on any atom is 0.224 e. The second-order valence-electron chi connectivity index (χ2n) is 6.76. The van der Waals surface area contributed by atoms with Gasteiger partial charge in [0.25, 0.3) is 0 Å². The first-order valence-electron chi connectivity index (χ1n) is 8.89. The number of hydrogen-bond acceptors (Lipinski definition) is 5. The van der Waals surface area contributed by atoms with Gasteiger partial charge in [0.15, 0.2) is 0 Å². The molecule has 0 bridgehead atoms. The van der Waals surface area contributed by atoms with Gasteiger partial charge in [0, 0.05) is 37.2 Å². The molecule has 0 radical (unpaired) electrons. The van der Waals surface area contributed by atoms with Crippen molar-refractivity contribution in [1.29, 1.82) is 0 Å². The van der Waals surface area contributed by atoms with E-state index in [1.807, 2.05) is 6.07 Å². The third-order valence-corrected chi connectivity index (χ3v) is 4.18. The number of benzene rings is 1. The minimum atomic E-state index is 0.563. The molecule has 5 nitrogen and oxygen atoms in total. The van der Waals surface area contributed by atoms with Crippen molar-refractivity contribution in [2.24, 2.45) is 5.92 Å². The molecule has 1 aromatic carbocycles. The maximum absolute atomic E-state index is 4.51. The Morgan fingerprint density at radius 1 is 1.04 bits per heavy atom. The van der Waals surface area contributed by atoms with Crippen LogP contribution in [0.3, 0.4) is 0 Å². The average molecular weight is 325 g/mol. The highest BCUT2D eigenvalue weighted by Crippen LogP contribution is 2.23. The lowest BCUT2D eigenvalue weighted by Crippen LogP contribution is -2.29. The fourth-order valence-corrected chi connectivity index (χ4v) is 2.86. The van der Waals surface area contributed by atoms with Crippen molar-refractivity contribution in [3.63, 3.8) is 0 Å². The lowest BCUT2D eigenvalue weighted by molar-refractivity contribution is 0.578. The maximum atomic E-state index is 4.51. The molecule has 3 rings (SSSR count). The van der Waals surface area contributed by atoms with E-state index in [0.717, 1.165) is 18.1 Å². The van der Waals surface area contributed by atoms with Crippen LogP contribution in [0.2, 0.25) is 0 Å². The molecular weight excluding hydrogens is 298 g/mol. The Kier molecular flexibility index (Phi) is 5.51. The summed E-state index contributed by atoms with van der Waals surface area (Å²) in [5.74, 6) is 2.04. The lowest BCUT2D eigenvalue weighted by Gasteiger charge is -2.28. The lowest BCUT2D eigenvalue weighted by atomic mass is 10.1. The normalized spacial score (nSPS) is 14.7. The zero-order valence-corrected chi connectivity index (χ0v) is 14.6. The average Bonchev–Trinajstić information content (AvgIpc) is 2.62. The van der Waals surface area contributed by atoms with Crippen molar-refractivity contribution < 1.29 is 0 Å². The third-order valence-electron chi connectivity index (χ3n) is 4.18. The van der Waals surface area contributed by atoms with E-state index < -0.39 is 0 Å². The first-order valence-corrected chi connectivity index (χ1v) is 8.89. The first-order chi connectivity index (χ1) is 11.7. The second kappa shape index (κ2) is 7.99. The highest BCUT2D eigenvalue weighted by molar-refractivity contribution is 5.61. The van der Waals surface area contributed by atoms with Crippen LogP contribution in [-0.2, 0) is 0 Å². The van der Waals surface area contributed by atoms with Gasteiger partial charge in [0.05, 0.1) is 0 Å². The first kappa shape index (κ1) is 16.6. The van der Waals surface area contributed by atoms with Crippen LogP contribution in [0, 0.1) is 5.92 Å². The van der Waals surface area contributed by atoms with Gasteiger partial charge in [-0.05, 0) is 55.5 Å². The molecule has 1 aliphatic rings. The summed E-state index contributed by atoms with van der Waals surface area (Å²) in [6.07, 6.45) is 5.73. The highest BCUT2D eigenvalue weighted by Gasteiger charge is 2.10. The van der Waals surface area contributed by atoms with Gasteiger partial charge in [-0.25, -0.2) is 4.98 Å². The van der Waals surface area contributed by atoms with Gasteiger partial charge in [0.1, 0.15) is 5.82 Å². The van der Waals surface area contributed by atoms with Gasteiger partial charge in [0.2, 0.25) is 5.95 Å². The van der Waals surface area contributed by atoms with E-state index in [2.05, 4.69) is 63.6 Å². The summed E-state index contributed by atoms with van der Waals surface area (Å²) in [6.45, 7) is 7.54. The molecule has 2 heterocycles. The Balaban J connectivity index is 1.62. The second-order valence-corrected chi connectivity index (χ2v) is 6.76. The third kappa shape index (κ3) is 4.60. The van der Waals surface area contributed by atoms with Crippen molar-refractivity contribution in [3.05, 3.63) is 36.5 Å². The zero-order valence-electron chi connectivity index (χ0n) is 14.6. The summed E-state index contributed by atoms with van der Waals surface area (Å²) >= 11 is 0. The molecule has 1 fully saturated rings. The molecule has 0 spiro atoms. The fraction of sp³-hybridized carbons (Fsp3) is 0.474. The Morgan fingerprint density at radius 3 is 2.50 bits per heavy atom. The highest BCUT2D eigenvalue weighted by atomic mass is 15.1. The molecule has 2 aromatic rings. The number of aromatic nitrogens is 2. The summed E-state index contributed by atoms with van der Waals surface area (Å²) in [5.41, 5.74) is 2.35. The molecule has 0 atom stereocenters. The van der Waals surface area contributed by atoms with Crippen LogP contribution < -0.4 is 15.5 Å². The number of hydrogen-bond donors (Lipinski definition) is 2. The quantitative estimate of drug-likeness (QED) is 0.830. The van der Waals surface area contributed by atoms with Crippen molar-refractivity contribution >= 4 is 23.1 Å². The van der Waals surface area contributed by atoms with E-state index in [1.165, 1.54) is 38.0 Å². The Bertz CT molecular complexity index is 632. The van der Waals surface area contributed by atoms with Gasteiger partial charge in [-0.15, -0.1) is 0 Å². The van der Waals surface area contributed by atoms with E-state index in [4.69, 9.17) is 0 Å². The van der Waals surface area contributed by atoms with Crippen molar-refractivity contribution in [2.75, 3.05) is 35.2 Å². The molecule has 0 unspecified atom stereocenters. The summed E-state index contributed by atoms with van der Waals surface area (Å²) in [6, 6.07) is 10.5. The molecule has 1 aromatic heterocycles. The van der Waals surface area contributed by atoms with Crippen LogP contribution in [0.25, 0.3) is 0 Å². The Labute approximate surface area is 144 Å². The molecule has 0 aliphatic carbocycles. The summed E-state index contributed by atoms with van der Waals surface area (Å²) in [7, 11) is 0. The molecule has 1 saturated heterocycles. The predicted octanol–water partition coefficient (Wildman–Crippen LogP) is 4.28. The standard InChI is InChI=1S/C19H27N5/c1-15(2)14-21-19-20-11-10-18(23-19)22-16-6-8-17(9-7-16)24-12-4-3-5-13-24/h6-11,15H,3-5,12-14H2,1-2H3,(H2,20,21,22,23). The molecule has 1 aliphatic heterocycles. The Hall–Kier alpha value is -2.30. The molecule has 0 saturated carbocycles. The van der Waals surface area contributed by atoms with Crippen LogP contribution in [-0.4, -0.2) is 29.6 Å². The Morgan fingerprint density at radius 2 is 1.79 bits per heavy atom. The van der Waals surface area contributed by atoms with Crippen LogP contribution in [0.5, 0.6) is 0 Å². The number of piperidine rings is 1. The van der Waals surface area contributed by atoms with Gasteiger partial charge >= 0.3 is 0 Å². The van der Waals surface area contributed by atoms with Crippen molar-refractivity contribution in [2.45, 2.75) is 33.1 Å². The minimum Gasteiger partial charge on any atom is -0.372 e. The predicted molar refractivity (Wildman–Crippen MR) is 101 cm³/mol. The van der Waals surface area contributed by atoms with Crippen LogP contribution in [0.1, 0.15) is 33.1 Å². The molecule has 5 heteroatoms. The van der Waals surface area contributed by atoms with E-state index in [0.29, 0.717) is 11.9 Å². The van der Waals surface area contributed by atoms with E-state index >= 15 is 0 Å². The number of rotatable bonds is 6. The van der Waals surface area contributed by atoms with Crippen LogP contribution in [0.4, 0.5) is 23.1 Å². The van der Waals surface area contributed by atoms with Gasteiger partial charge in [-0.3, -0.25) is 0 Å². The molecule has 0 amide bonds. The molecular formula is C19H27N5. The van der Waals surface area contributed by atoms with E-state index in [-0.39, 0.29) is 0 Å². The SMILES string of the molecule is CC(C)CNc1nccc(Nc2ccc(N3CCCCC3)cc2)n1. The molecule has 128 valence electrons. The largest absolute Gasteiger partial charge is 0.372 e. The fourth-order valence-electron chi connectivity index (χ4n) is 2.86. The zero-order chi connectivity index (χ0) is 16.8. The number of nitrogens with one attached hydrogen (secondary N) is 2. The minimum absolute atomic E-state index is 0.563. The topological polar surface area (TPSA) is 53.1 Å². The van der Waals surface area contributed by atoms with Gasteiger partial charge < -0.3 is 15.5 Å². The van der Waals surface area contributed by atoms with Crippen molar-refractivity contribution in [3.8, 4) is 0 Å². The summed E-state index contributed by atoms with van der Waals surface area (Å²) in [5, 5.41) is 6.61. The van der Waals surface area contributed by atoms with E-state index in [9.17, 15) is 0 Å². The van der Waals surface area contributed by atoms with E-state index in [1.54, 1.807) is 6.20 Å². The molecule has 24 heavy (non-hydrogen) atoms. The summed E-state index contributed by atoms with van der Waals surface area (Å²) < 4.78 is 0.